The molecule has 1 aromatic carbocycles. The minimum absolute atomic E-state index is 0.117. The van der Waals surface area contributed by atoms with E-state index in [-0.39, 0.29) is 16.2 Å². The molecule has 90 valence electrons. The molecule has 1 aromatic rings. The van der Waals surface area contributed by atoms with Crippen LogP contribution in [-0.2, 0) is 6.42 Å². The fraction of sp³-hybridized carbons (Fsp3) is 0.385. The summed E-state index contributed by atoms with van der Waals surface area (Å²) in [6.45, 7) is 5.52. The Kier molecular flexibility index (Phi) is 2.65. The van der Waals surface area contributed by atoms with Crippen molar-refractivity contribution in [2.45, 2.75) is 32.8 Å². The third-order valence-electron chi connectivity index (χ3n) is 2.77. The largest absolute Gasteiger partial charge is 0.487 e. The first kappa shape index (κ1) is 11.6. The van der Waals surface area contributed by atoms with Gasteiger partial charge in [0.2, 0.25) is 5.70 Å². The maximum absolute atomic E-state index is 10.6. The van der Waals surface area contributed by atoms with E-state index in [0.717, 1.165) is 23.3 Å². The molecule has 0 saturated heterocycles. The Hall–Kier alpha value is -1.84. The van der Waals surface area contributed by atoms with Crippen molar-refractivity contribution in [2.75, 3.05) is 0 Å². The number of ether oxygens (including phenoxy) is 1. The van der Waals surface area contributed by atoms with Crippen molar-refractivity contribution < 1.29 is 9.66 Å². The van der Waals surface area contributed by atoms with E-state index in [9.17, 15) is 10.1 Å². The number of allylic oxidation sites excluding steroid dienone is 1. The molecule has 17 heavy (non-hydrogen) atoms. The molecule has 0 N–H and O–H groups in total. The van der Waals surface area contributed by atoms with Gasteiger partial charge in [0, 0.05) is 25.0 Å². The van der Waals surface area contributed by atoms with Crippen LogP contribution >= 0.6 is 0 Å². The minimum Gasteiger partial charge on any atom is -0.487 e. The molecule has 0 fully saturated rings. The predicted octanol–water partition coefficient (Wildman–Crippen LogP) is 3.04. The van der Waals surface area contributed by atoms with Gasteiger partial charge in [0.25, 0.3) is 0 Å². The summed E-state index contributed by atoms with van der Waals surface area (Å²) in [7, 11) is 0. The number of hydrogen-bond donors (Lipinski definition) is 0. The van der Waals surface area contributed by atoms with Crippen LogP contribution < -0.4 is 4.74 Å². The highest BCUT2D eigenvalue weighted by atomic mass is 16.6. The van der Waals surface area contributed by atoms with Gasteiger partial charge >= 0.3 is 0 Å². The van der Waals surface area contributed by atoms with Crippen molar-refractivity contribution in [2.24, 2.45) is 0 Å². The highest BCUT2D eigenvalue weighted by molar-refractivity contribution is 5.62. The number of fused-ring (bicyclic) bond motifs is 1. The van der Waals surface area contributed by atoms with Crippen LogP contribution in [-0.4, -0.2) is 10.5 Å². The highest BCUT2D eigenvalue weighted by Gasteiger charge is 2.31. The normalized spacial score (nSPS) is 17.5. The zero-order chi connectivity index (χ0) is 12.6. The Morgan fingerprint density at radius 1 is 1.53 bits per heavy atom. The van der Waals surface area contributed by atoms with Crippen LogP contribution in [0.4, 0.5) is 0 Å². The minimum atomic E-state index is -0.389. The third-order valence-corrected chi connectivity index (χ3v) is 2.77. The molecular formula is C13H15NO3. The zero-order valence-electron chi connectivity index (χ0n) is 10.2. The van der Waals surface area contributed by atoms with Crippen molar-refractivity contribution in [3.63, 3.8) is 0 Å². The molecule has 0 spiro atoms. The lowest BCUT2D eigenvalue weighted by Gasteiger charge is -2.17. The predicted molar refractivity (Wildman–Crippen MR) is 65.5 cm³/mol. The van der Waals surface area contributed by atoms with Crippen molar-refractivity contribution >= 4 is 6.08 Å². The lowest BCUT2D eigenvalue weighted by atomic mass is 10.0. The molecule has 0 atom stereocenters. The molecule has 1 aliphatic heterocycles. The summed E-state index contributed by atoms with van der Waals surface area (Å²) < 4.78 is 5.84. The maximum Gasteiger partial charge on any atom is 0.243 e. The van der Waals surface area contributed by atoms with Gasteiger partial charge in [0.1, 0.15) is 11.4 Å². The molecule has 0 amide bonds. The average Bonchev–Trinajstić information content (AvgIpc) is 2.53. The molecular weight excluding hydrogens is 218 g/mol. The van der Waals surface area contributed by atoms with Crippen molar-refractivity contribution in [3.05, 3.63) is 45.1 Å². The van der Waals surface area contributed by atoms with Crippen molar-refractivity contribution in [1.29, 1.82) is 0 Å². The quantitative estimate of drug-likeness (QED) is 0.582. The van der Waals surface area contributed by atoms with Crippen LogP contribution in [0, 0.1) is 10.1 Å². The molecule has 1 aliphatic rings. The second-order valence-electron chi connectivity index (χ2n) is 4.92. The number of benzene rings is 1. The van der Waals surface area contributed by atoms with E-state index in [4.69, 9.17) is 4.74 Å². The Morgan fingerprint density at radius 3 is 2.88 bits per heavy atom. The van der Waals surface area contributed by atoms with Gasteiger partial charge in [-0.15, -0.1) is 0 Å². The van der Waals surface area contributed by atoms with Crippen LogP contribution in [0.25, 0.3) is 6.08 Å². The fourth-order valence-corrected chi connectivity index (χ4v) is 2.03. The lowest BCUT2D eigenvalue weighted by molar-refractivity contribution is -0.422. The van der Waals surface area contributed by atoms with Gasteiger partial charge in [-0.3, -0.25) is 10.1 Å². The van der Waals surface area contributed by atoms with E-state index < -0.39 is 0 Å². The fourth-order valence-electron chi connectivity index (χ4n) is 2.03. The molecule has 0 radical (unpaired) electrons. The summed E-state index contributed by atoms with van der Waals surface area (Å²) in [6.07, 6.45) is 2.39. The Balaban J connectivity index is 2.43. The first-order valence-corrected chi connectivity index (χ1v) is 5.53. The Morgan fingerprint density at radius 2 is 2.24 bits per heavy atom. The molecule has 0 unspecified atom stereocenters. The number of nitrogens with zero attached hydrogens (tertiary/aromatic N) is 1. The Labute approximate surface area is 100 Å². The monoisotopic (exact) mass is 233 g/mol. The van der Waals surface area contributed by atoms with Crippen LogP contribution in [0.5, 0.6) is 5.75 Å². The van der Waals surface area contributed by atoms with Gasteiger partial charge in [-0.2, -0.15) is 0 Å². The van der Waals surface area contributed by atoms with Gasteiger partial charge in [0.05, 0.1) is 4.92 Å². The van der Waals surface area contributed by atoms with Crippen LogP contribution in [0.2, 0.25) is 0 Å². The number of hydrogen-bond acceptors (Lipinski definition) is 3. The van der Waals surface area contributed by atoms with Crippen LogP contribution in [0.1, 0.15) is 31.9 Å². The van der Waals surface area contributed by atoms with Gasteiger partial charge in [-0.1, -0.05) is 18.2 Å². The maximum atomic E-state index is 10.6. The lowest BCUT2D eigenvalue weighted by Crippen LogP contribution is -2.24. The topological polar surface area (TPSA) is 52.4 Å². The van der Waals surface area contributed by atoms with Gasteiger partial charge in [-0.25, -0.2) is 0 Å². The number of nitro groups is 1. The molecule has 4 nitrogen and oxygen atoms in total. The second kappa shape index (κ2) is 3.87. The van der Waals surface area contributed by atoms with Gasteiger partial charge in [0.15, 0.2) is 0 Å². The first-order chi connectivity index (χ1) is 7.89. The van der Waals surface area contributed by atoms with E-state index in [1.807, 2.05) is 32.0 Å². The second-order valence-corrected chi connectivity index (χ2v) is 4.92. The Bertz CT molecular complexity index is 503. The number of rotatable bonds is 2. The van der Waals surface area contributed by atoms with E-state index in [2.05, 4.69) is 0 Å². The average molecular weight is 233 g/mol. The summed E-state index contributed by atoms with van der Waals surface area (Å²) >= 11 is 0. The molecule has 0 aliphatic carbocycles. The van der Waals surface area contributed by atoms with Crippen molar-refractivity contribution in [1.82, 2.24) is 0 Å². The summed E-state index contributed by atoms with van der Waals surface area (Å²) in [5.41, 5.74) is 1.78. The highest BCUT2D eigenvalue weighted by Crippen LogP contribution is 2.38. The molecule has 0 aromatic heterocycles. The smallest absolute Gasteiger partial charge is 0.243 e. The van der Waals surface area contributed by atoms with Crippen LogP contribution in [0.15, 0.2) is 23.9 Å². The third kappa shape index (κ3) is 2.30. The van der Waals surface area contributed by atoms with Gasteiger partial charge in [-0.05, 0) is 19.4 Å². The van der Waals surface area contributed by atoms with E-state index in [1.54, 1.807) is 6.08 Å². The first-order valence-electron chi connectivity index (χ1n) is 5.53. The molecule has 2 rings (SSSR count). The zero-order valence-corrected chi connectivity index (χ0v) is 10.2. The SMILES string of the molecule is CC(=Cc1cccc2c1OC(C)(C)C2)[N+](=O)[O-]. The summed E-state index contributed by atoms with van der Waals surface area (Å²) in [4.78, 5) is 10.2. The number of para-hydroxylation sites is 1. The van der Waals surface area contributed by atoms with E-state index in [0.29, 0.717) is 0 Å². The summed E-state index contributed by atoms with van der Waals surface area (Å²) in [5.74, 6) is 0.777. The molecule has 0 bridgehead atoms. The van der Waals surface area contributed by atoms with Gasteiger partial charge < -0.3 is 4.74 Å². The van der Waals surface area contributed by atoms with Crippen molar-refractivity contribution in [3.8, 4) is 5.75 Å². The molecule has 4 heteroatoms. The van der Waals surface area contributed by atoms with E-state index in [1.165, 1.54) is 6.92 Å². The molecule has 0 saturated carbocycles. The summed E-state index contributed by atoms with van der Waals surface area (Å²) in [5, 5.41) is 10.6. The summed E-state index contributed by atoms with van der Waals surface area (Å²) in [6, 6.07) is 5.75. The standard InChI is InChI=1S/C13H15NO3/c1-9(14(15)16)7-10-5-4-6-11-8-13(2,3)17-12(10)11/h4-7H,8H2,1-3H3. The molecule has 1 heterocycles. The van der Waals surface area contributed by atoms with E-state index >= 15 is 0 Å². The van der Waals surface area contributed by atoms with Crippen LogP contribution in [0.3, 0.4) is 0 Å².